The van der Waals surface area contributed by atoms with E-state index >= 15 is 0 Å². The summed E-state index contributed by atoms with van der Waals surface area (Å²) in [6, 6.07) is 4.80. The number of carbonyl (C=O) groups is 2. The van der Waals surface area contributed by atoms with Gasteiger partial charge in [0.25, 0.3) is 0 Å². The molecule has 0 atom stereocenters. The summed E-state index contributed by atoms with van der Waals surface area (Å²) in [5.41, 5.74) is 0.531. The maximum absolute atomic E-state index is 12.2. The van der Waals surface area contributed by atoms with Crippen molar-refractivity contribution in [2.75, 3.05) is 27.2 Å². The SMILES string of the molecule is CN(C)C1CC2(CCN(C(=O)/C=C/c3cccs3)CC2)C1.O=C(O)C(F)(F)F. The minimum Gasteiger partial charge on any atom is -0.475 e. The van der Waals surface area contributed by atoms with Gasteiger partial charge < -0.3 is 14.9 Å². The van der Waals surface area contributed by atoms with Crippen molar-refractivity contribution in [3.63, 3.8) is 0 Å². The molecule has 5 nitrogen and oxygen atoms in total. The monoisotopic (exact) mass is 418 g/mol. The summed E-state index contributed by atoms with van der Waals surface area (Å²) in [5, 5.41) is 9.16. The van der Waals surface area contributed by atoms with Crippen LogP contribution in [0.4, 0.5) is 13.2 Å². The molecule has 0 bridgehead atoms. The van der Waals surface area contributed by atoms with E-state index in [0.717, 1.165) is 24.0 Å². The molecule has 0 radical (unpaired) electrons. The molecule has 3 rings (SSSR count). The van der Waals surface area contributed by atoms with Crippen LogP contribution in [-0.2, 0) is 9.59 Å². The number of rotatable bonds is 3. The van der Waals surface area contributed by atoms with Crippen LogP contribution in [0.25, 0.3) is 6.08 Å². The molecule has 28 heavy (non-hydrogen) atoms. The van der Waals surface area contributed by atoms with E-state index < -0.39 is 12.1 Å². The zero-order valence-electron chi connectivity index (χ0n) is 15.9. The number of nitrogens with zero attached hydrogens (tertiary/aromatic N) is 2. The second-order valence-corrected chi connectivity index (χ2v) is 8.48. The third-order valence-corrected chi connectivity index (χ3v) is 6.22. The highest BCUT2D eigenvalue weighted by Crippen LogP contribution is 2.50. The Labute approximate surface area is 166 Å². The molecule has 0 unspecified atom stereocenters. The number of alkyl halides is 3. The number of likely N-dealkylation sites (tertiary alicyclic amines) is 1. The van der Waals surface area contributed by atoms with Gasteiger partial charge in [0.2, 0.25) is 5.91 Å². The molecule has 1 saturated carbocycles. The number of amides is 1. The normalized spacial score (nSPS) is 19.4. The van der Waals surface area contributed by atoms with Crippen LogP contribution in [0, 0.1) is 5.41 Å². The van der Waals surface area contributed by atoms with Gasteiger partial charge in [-0.05, 0) is 62.7 Å². The molecular formula is C19H25F3N2O3S. The first-order valence-corrected chi connectivity index (χ1v) is 9.87. The number of carboxylic acid groups (broad SMARTS) is 1. The molecule has 2 heterocycles. The predicted octanol–water partition coefficient (Wildman–Crippen LogP) is 3.73. The second kappa shape index (κ2) is 9.09. The maximum Gasteiger partial charge on any atom is 0.490 e. The molecule has 1 spiro atoms. The van der Waals surface area contributed by atoms with Gasteiger partial charge in [-0.1, -0.05) is 6.07 Å². The molecule has 1 N–H and O–H groups in total. The number of hydrogen-bond acceptors (Lipinski definition) is 4. The lowest BCUT2D eigenvalue weighted by atomic mass is 9.60. The summed E-state index contributed by atoms with van der Waals surface area (Å²) in [6.45, 7) is 1.85. The van der Waals surface area contributed by atoms with Crippen molar-refractivity contribution in [3.8, 4) is 0 Å². The average Bonchev–Trinajstić information content (AvgIpc) is 3.10. The van der Waals surface area contributed by atoms with E-state index in [4.69, 9.17) is 9.90 Å². The topological polar surface area (TPSA) is 60.9 Å². The van der Waals surface area contributed by atoms with Crippen molar-refractivity contribution in [1.29, 1.82) is 0 Å². The molecule has 1 aromatic rings. The van der Waals surface area contributed by atoms with Crippen LogP contribution in [0.2, 0.25) is 0 Å². The lowest BCUT2D eigenvalue weighted by molar-refractivity contribution is -0.192. The van der Waals surface area contributed by atoms with E-state index in [0.29, 0.717) is 5.41 Å². The number of carboxylic acids is 1. The fourth-order valence-electron chi connectivity index (χ4n) is 3.56. The Bertz CT molecular complexity index is 686. The summed E-state index contributed by atoms with van der Waals surface area (Å²) in [7, 11) is 4.34. The van der Waals surface area contributed by atoms with Crippen LogP contribution in [0.5, 0.6) is 0 Å². The molecule has 1 aromatic heterocycles. The predicted molar refractivity (Wildman–Crippen MR) is 102 cm³/mol. The van der Waals surface area contributed by atoms with Gasteiger partial charge in [0.1, 0.15) is 0 Å². The number of thiophene rings is 1. The van der Waals surface area contributed by atoms with Gasteiger partial charge in [0.15, 0.2) is 0 Å². The Morgan fingerprint density at radius 1 is 1.29 bits per heavy atom. The molecule has 1 amide bonds. The fraction of sp³-hybridized carbons (Fsp3) is 0.579. The van der Waals surface area contributed by atoms with Crippen molar-refractivity contribution in [2.45, 2.75) is 37.9 Å². The van der Waals surface area contributed by atoms with E-state index in [2.05, 4.69) is 19.0 Å². The maximum atomic E-state index is 12.2. The highest BCUT2D eigenvalue weighted by atomic mass is 32.1. The molecular weight excluding hydrogens is 393 g/mol. The third kappa shape index (κ3) is 6.07. The minimum absolute atomic E-state index is 0.168. The molecule has 1 saturated heterocycles. The van der Waals surface area contributed by atoms with Crippen LogP contribution < -0.4 is 0 Å². The van der Waals surface area contributed by atoms with E-state index in [1.165, 1.54) is 25.7 Å². The van der Waals surface area contributed by atoms with E-state index in [1.54, 1.807) is 17.4 Å². The van der Waals surface area contributed by atoms with Crippen molar-refractivity contribution in [1.82, 2.24) is 9.80 Å². The van der Waals surface area contributed by atoms with Crippen molar-refractivity contribution in [2.24, 2.45) is 5.41 Å². The van der Waals surface area contributed by atoms with Gasteiger partial charge in [-0.3, -0.25) is 4.79 Å². The Balaban J connectivity index is 0.000000345. The van der Waals surface area contributed by atoms with Crippen LogP contribution in [0.3, 0.4) is 0 Å². The minimum atomic E-state index is -5.08. The number of aliphatic carboxylic acids is 1. The lowest BCUT2D eigenvalue weighted by Crippen LogP contribution is -2.53. The van der Waals surface area contributed by atoms with Gasteiger partial charge in [0.05, 0.1) is 0 Å². The Kier molecular flexibility index (Phi) is 7.28. The number of hydrogen-bond donors (Lipinski definition) is 1. The molecule has 9 heteroatoms. The van der Waals surface area contributed by atoms with Gasteiger partial charge in [-0.2, -0.15) is 13.2 Å². The molecule has 156 valence electrons. The standard InChI is InChI=1S/C17H24N2OS.C2HF3O2/c1-18(2)14-12-17(13-14)7-9-19(10-8-17)16(20)6-5-15-4-3-11-21-15;3-2(4,5)1(6)7/h3-6,11,14H,7-10,12-13H2,1-2H3;(H,6,7)/b6-5+;. The summed E-state index contributed by atoms with van der Waals surface area (Å²) in [6.07, 6.45) is 3.56. The van der Waals surface area contributed by atoms with E-state index in [1.807, 2.05) is 28.5 Å². The first-order chi connectivity index (χ1) is 13.0. The van der Waals surface area contributed by atoms with Crippen molar-refractivity contribution >= 4 is 29.3 Å². The number of carbonyl (C=O) groups excluding carboxylic acids is 1. The summed E-state index contributed by atoms with van der Waals surface area (Å²) >= 11 is 1.66. The van der Waals surface area contributed by atoms with Gasteiger partial charge in [-0.25, -0.2) is 4.79 Å². The summed E-state index contributed by atoms with van der Waals surface area (Å²) in [5.74, 6) is -2.59. The van der Waals surface area contributed by atoms with Crippen LogP contribution in [0.15, 0.2) is 23.6 Å². The third-order valence-electron chi connectivity index (χ3n) is 5.38. The van der Waals surface area contributed by atoms with E-state index in [9.17, 15) is 18.0 Å². The largest absolute Gasteiger partial charge is 0.490 e. The molecule has 0 aromatic carbocycles. The molecule has 2 aliphatic rings. The van der Waals surface area contributed by atoms with Gasteiger partial charge in [-0.15, -0.1) is 11.3 Å². The highest BCUT2D eigenvalue weighted by molar-refractivity contribution is 7.10. The van der Waals surface area contributed by atoms with Crippen LogP contribution in [0.1, 0.15) is 30.6 Å². The Morgan fingerprint density at radius 3 is 2.29 bits per heavy atom. The van der Waals surface area contributed by atoms with Crippen LogP contribution >= 0.6 is 11.3 Å². The average molecular weight is 418 g/mol. The smallest absolute Gasteiger partial charge is 0.475 e. The van der Waals surface area contributed by atoms with Gasteiger partial charge in [0, 0.05) is 30.1 Å². The van der Waals surface area contributed by atoms with Gasteiger partial charge >= 0.3 is 12.1 Å². The van der Waals surface area contributed by atoms with E-state index in [-0.39, 0.29) is 5.91 Å². The molecule has 1 aliphatic carbocycles. The first kappa shape index (κ1) is 22.4. The zero-order chi connectivity index (χ0) is 20.9. The highest BCUT2D eigenvalue weighted by Gasteiger charge is 2.46. The number of halogens is 3. The Morgan fingerprint density at radius 2 is 1.86 bits per heavy atom. The van der Waals surface area contributed by atoms with Crippen LogP contribution in [-0.4, -0.2) is 66.2 Å². The van der Waals surface area contributed by atoms with Crippen molar-refractivity contribution in [3.05, 3.63) is 28.5 Å². The zero-order valence-corrected chi connectivity index (χ0v) is 16.7. The first-order valence-electron chi connectivity index (χ1n) is 8.99. The fourth-order valence-corrected chi connectivity index (χ4v) is 4.18. The second-order valence-electron chi connectivity index (χ2n) is 7.50. The lowest BCUT2D eigenvalue weighted by Gasteiger charge is -2.54. The summed E-state index contributed by atoms with van der Waals surface area (Å²) < 4.78 is 31.7. The Hall–Kier alpha value is -1.87. The summed E-state index contributed by atoms with van der Waals surface area (Å²) in [4.78, 5) is 26.6. The quantitative estimate of drug-likeness (QED) is 0.760. The van der Waals surface area contributed by atoms with Crippen molar-refractivity contribution < 1.29 is 27.9 Å². The molecule has 1 aliphatic heterocycles. The number of piperidine rings is 1. The molecule has 2 fully saturated rings.